The highest BCUT2D eigenvalue weighted by atomic mass is 79.9. The van der Waals surface area contributed by atoms with Crippen molar-refractivity contribution in [1.29, 1.82) is 0 Å². The number of hydrogen-bond acceptors (Lipinski definition) is 5. The monoisotopic (exact) mass is 311 g/mol. The maximum atomic E-state index is 11.7. The van der Waals surface area contributed by atoms with E-state index < -0.39 is 0 Å². The smallest absolute Gasteiger partial charge is 0.225 e. The second-order valence-electron chi connectivity index (χ2n) is 4.65. The summed E-state index contributed by atoms with van der Waals surface area (Å²) in [4.78, 5) is 22.1. The average Bonchev–Trinajstić information content (AvgIpc) is 2.75. The number of aromatic nitrogens is 2. The van der Waals surface area contributed by atoms with Crippen molar-refractivity contribution in [3.63, 3.8) is 0 Å². The number of piperidine rings is 1. The molecule has 6 nitrogen and oxygen atoms in total. The lowest BCUT2D eigenvalue weighted by Gasteiger charge is -2.37. The van der Waals surface area contributed by atoms with Crippen molar-refractivity contribution in [1.82, 2.24) is 15.3 Å². The lowest BCUT2D eigenvalue weighted by atomic mass is 9.91. The molecule has 3 N–H and O–H groups in total. The Kier molecular flexibility index (Phi) is 2.85. The van der Waals surface area contributed by atoms with Crippen LogP contribution in [0.25, 0.3) is 0 Å². The van der Waals surface area contributed by atoms with Gasteiger partial charge >= 0.3 is 0 Å². The molecule has 2 atom stereocenters. The fourth-order valence-corrected chi connectivity index (χ4v) is 3.22. The zero-order chi connectivity index (χ0) is 12.7. The molecule has 0 spiro atoms. The minimum absolute atomic E-state index is 0.0711. The molecular formula is C11H14BrN5O. The molecule has 3 rings (SSSR count). The molecule has 2 fully saturated rings. The number of nitrogens with two attached hydrogens (primary N) is 1. The van der Waals surface area contributed by atoms with Gasteiger partial charge in [0.25, 0.3) is 0 Å². The molecule has 1 amide bonds. The quantitative estimate of drug-likeness (QED) is 0.790. The van der Waals surface area contributed by atoms with Crippen LogP contribution in [0.15, 0.2) is 10.8 Å². The third-order valence-electron chi connectivity index (χ3n) is 3.67. The van der Waals surface area contributed by atoms with Crippen LogP contribution in [0.4, 0.5) is 11.6 Å². The van der Waals surface area contributed by atoms with Crippen molar-refractivity contribution in [3.8, 4) is 0 Å². The molecule has 96 valence electrons. The van der Waals surface area contributed by atoms with Crippen LogP contribution in [0.1, 0.15) is 12.8 Å². The molecule has 0 saturated carbocycles. The molecule has 2 aliphatic rings. The normalized spacial score (nSPS) is 26.9. The van der Waals surface area contributed by atoms with Gasteiger partial charge in [-0.2, -0.15) is 0 Å². The van der Waals surface area contributed by atoms with E-state index in [0.29, 0.717) is 16.8 Å². The second kappa shape index (κ2) is 4.38. The first kappa shape index (κ1) is 11.7. The van der Waals surface area contributed by atoms with Gasteiger partial charge in [0, 0.05) is 13.1 Å². The third kappa shape index (κ3) is 1.73. The van der Waals surface area contributed by atoms with Crippen LogP contribution in [0.2, 0.25) is 0 Å². The zero-order valence-corrected chi connectivity index (χ0v) is 11.4. The Morgan fingerprint density at radius 1 is 1.50 bits per heavy atom. The summed E-state index contributed by atoms with van der Waals surface area (Å²) in [5, 5.41) is 2.92. The molecule has 2 unspecified atom stereocenters. The number of carbonyl (C=O) groups excluding carboxylic acids is 1. The van der Waals surface area contributed by atoms with E-state index in [4.69, 9.17) is 5.73 Å². The molecule has 7 heteroatoms. The van der Waals surface area contributed by atoms with Gasteiger partial charge in [0.05, 0.1) is 12.0 Å². The van der Waals surface area contributed by atoms with Crippen LogP contribution in [0.3, 0.4) is 0 Å². The molecule has 1 aromatic heterocycles. The van der Waals surface area contributed by atoms with E-state index in [1.807, 2.05) is 0 Å². The van der Waals surface area contributed by atoms with E-state index in [9.17, 15) is 4.79 Å². The Morgan fingerprint density at radius 3 is 3.17 bits per heavy atom. The summed E-state index contributed by atoms with van der Waals surface area (Å²) >= 11 is 3.43. The Morgan fingerprint density at radius 2 is 2.33 bits per heavy atom. The Balaban J connectivity index is 1.96. The molecule has 3 heterocycles. The number of carbonyl (C=O) groups is 1. The highest BCUT2D eigenvalue weighted by Gasteiger charge is 2.41. The standard InChI is InChI=1S/C11H14BrN5O/c12-8-9(13)15-5-16-10(8)17-3-1-2-6-7(17)4-14-11(6)18/h5-7H,1-4H2,(H,14,18)(H2,13,15,16). The van der Waals surface area contributed by atoms with Crippen LogP contribution in [-0.2, 0) is 4.79 Å². The van der Waals surface area contributed by atoms with E-state index in [-0.39, 0.29) is 17.9 Å². The lowest BCUT2D eigenvalue weighted by molar-refractivity contribution is -0.122. The maximum Gasteiger partial charge on any atom is 0.225 e. The topological polar surface area (TPSA) is 84.1 Å². The number of amides is 1. The maximum absolute atomic E-state index is 11.7. The van der Waals surface area contributed by atoms with Gasteiger partial charge < -0.3 is 16.0 Å². The number of fused-ring (bicyclic) bond motifs is 1. The fourth-order valence-electron chi connectivity index (χ4n) is 2.79. The van der Waals surface area contributed by atoms with Crippen molar-refractivity contribution in [2.45, 2.75) is 18.9 Å². The van der Waals surface area contributed by atoms with Crippen molar-refractivity contribution in [2.24, 2.45) is 5.92 Å². The molecule has 1 aromatic rings. The van der Waals surface area contributed by atoms with Gasteiger partial charge in [0.1, 0.15) is 22.4 Å². The highest BCUT2D eigenvalue weighted by molar-refractivity contribution is 9.10. The number of rotatable bonds is 1. The summed E-state index contributed by atoms with van der Waals surface area (Å²) in [6, 6.07) is 0.178. The molecule has 0 aliphatic carbocycles. The number of anilines is 2. The van der Waals surface area contributed by atoms with E-state index in [2.05, 4.69) is 36.1 Å². The summed E-state index contributed by atoms with van der Waals surface area (Å²) in [6.45, 7) is 1.57. The SMILES string of the molecule is Nc1ncnc(N2CCCC3C(=O)NCC32)c1Br. The van der Waals surface area contributed by atoms with E-state index in [1.54, 1.807) is 0 Å². The molecule has 0 radical (unpaired) electrons. The summed E-state index contributed by atoms with van der Waals surface area (Å²) in [5.41, 5.74) is 5.78. The van der Waals surface area contributed by atoms with Crippen molar-refractivity contribution < 1.29 is 4.79 Å². The first-order valence-corrected chi connectivity index (χ1v) is 6.78. The van der Waals surface area contributed by atoms with Crippen molar-refractivity contribution in [2.75, 3.05) is 23.7 Å². The van der Waals surface area contributed by atoms with Gasteiger partial charge in [-0.25, -0.2) is 9.97 Å². The third-order valence-corrected chi connectivity index (χ3v) is 4.43. The van der Waals surface area contributed by atoms with E-state index in [1.165, 1.54) is 6.33 Å². The van der Waals surface area contributed by atoms with E-state index in [0.717, 1.165) is 25.2 Å². The highest BCUT2D eigenvalue weighted by Crippen LogP contribution is 2.35. The summed E-state index contributed by atoms with van der Waals surface area (Å²) in [6.07, 6.45) is 3.40. The van der Waals surface area contributed by atoms with E-state index >= 15 is 0 Å². The van der Waals surface area contributed by atoms with Gasteiger partial charge in [-0.05, 0) is 28.8 Å². The average molecular weight is 312 g/mol. The summed E-state index contributed by atoms with van der Waals surface area (Å²) < 4.78 is 0.713. The van der Waals surface area contributed by atoms with Gasteiger partial charge in [0.15, 0.2) is 0 Å². The predicted octanol–water partition coefficient (Wildman–Crippen LogP) is 0.536. The summed E-state index contributed by atoms with van der Waals surface area (Å²) in [7, 11) is 0. The predicted molar refractivity (Wildman–Crippen MR) is 71.0 cm³/mol. The molecular weight excluding hydrogens is 298 g/mol. The van der Waals surface area contributed by atoms with Gasteiger partial charge in [-0.1, -0.05) is 0 Å². The van der Waals surface area contributed by atoms with Crippen LogP contribution < -0.4 is 16.0 Å². The Bertz CT molecular complexity index is 494. The van der Waals surface area contributed by atoms with Crippen LogP contribution in [0.5, 0.6) is 0 Å². The minimum Gasteiger partial charge on any atom is -0.383 e. The number of hydrogen-bond donors (Lipinski definition) is 2. The fraction of sp³-hybridized carbons (Fsp3) is 0.545. The Labute approximate surface area is 113 Å². The number of nitrogen functional groups attached to an aromatic ring is 1. The summed E-state index contributed by atoms with van der Waals surface area (Å²) in [5.74, 6) is 1.44. The second-order valence-corrected chi connectivity index (χ2v) is 5.44. The zero-order valence-electron chi connectivity index (χ0n) is 9.77. The largest absolute Gasteiger partial charge is 0.383 e. The molecule has 2 aliphatic heterocycles. The van der Waals surface area contributed by atoms with Crippen LogP contribution in [0, 0.1) is 5.92 Å². The Hall–Kier alpha value is -1.37. The van der Waals surface area contributed by atoms with Crippen LogP contribution in [-0.4, -0.2) is 35.0 Å². The van der Waals surface area contributed by atoms with Crippen molar-refractivity contribution >= 4 is 33.5 Å². The molecule has 18 heavy (non-hydrogen) atoms. The number of halogens is 1. The van der Waals surface area contributed by atoms with Gasteiger partial charge in [0.2, 0.25) is 5.91 Å². The van der Waals surface area contributed by atoms with Crippen LogP contribution >= 0.6 is 15.9 Å². The lowest BCUT2D eigenvalue weighted by Crippen LogP contribution is -2.46. The van der Waals surface area contributed by atoms with Crippen molar-refractivity contribution in [3.05, 3.63) is 10.8 Å². The van der Waals surface area contributed by atoms with Gasteiger partial charge in [-0.3, -0.25) is 4.79 Å². The first-order valence-electron chi connectivity index (χ1n) is 5.99. The molecule has 2 saturated heterocycles. The number of nitrogens with zero attached hydrogens (tertiary/aromatic N) is 3. The molecule has 0 aromatic carbocycles. The minimum atomic E-state index is 0.0711. The van der Waals surface area contributed by atoms with Gasteiger partial charge in [-0.15, -0.1) is 0 Å². The first-order chi connectivity index (χ1) is 8.68. The molecule has 0 bridgehead atoms. The number of nitrogens with one attached hydrogen (secondary N) is 1.